The topological polar surface area (TPSA) is 59.8 Å². The van der Waals surface area contributed by atoms with Gasteiger partial charge in [-0.25, -0.2) is 9.67 Å². The third-order valence-electron chi connectivity index (χ3n) is 4.90. The van der Waals surface area contributed by atoms with E-state index in [1.807, 2.05) is 67.6 Å². The molecule has 0 bridgehead atoms. The first-order valence-electron chi connectivity index (χ1n) is 9.59. The Morgan fingerprint density at radius 3 is 2.47 bits per heavy atom. The summed E-state index contributed by atoms with van der Waals surface area (Å²) in [7, 11) is 0. The SMILES string of the molecule is Cc1cccc(-c2nc(C(=O)Nc3cccc(Br)c3)nn2-c2ccc(C)c(C)c2)c1. The van der Waals surface area contributed by atoms with E-state index < -0.39 is 0 Å². The van der Waals surface area contributed by atoms with Gasteiger partial charge in [-0.3, -0.25) is 4.79 Å². The molecule has 4 aromatic rings. The van der Waals surface area contributed by atoms with E-state index in [0.29, 0.717) is 11.5 Å². The van der Waals surface area contributed by atoms with Crippen LogP contribution in [0.25, 0.3) is 17.1 Å². The molecule has 0 atom stereocenters. The fraction of sp³-hybridized carbons (Fsp3) is 0.125. The van der Waals surface area contributed by atoms with Crippen molar-refractivity contribution in [2.45, 2.75) is 20.8 Å². The third kappa shape index (κ3) is 4.19. The summed E-state index contributed by atoms with van der Waals surface area (Å²) in [5.41, 5.74) is 5.91. The molecule has 1 heterocycles. The van der Waals surface area contributed by atoms with Gasteiger partial charge in [0.1, 0.15) is 0 Å². The molecule has 3 aromatic carbocycles. The van der Waals surface area contributed by atoms with Crippen molar-refractivity contribution in [3.63, 3.8) is 0 Å². The Balaban J connectivity index is 1.79. The van der Waals surface area contributed by atoms with Crippen molar-refractivity contribution in [3.05, 3.63) is 93.7 Å². The monoisotopic (exact) mass is 460 g/mol. The number of nitrogens with zero attached hydrogens (tertiary/aromatic N) is 3. The second-order valence-electron chi connectivity index (χ2n) is 7.27. The summed E-state index contributed by atoms with van der Waals surface area (Å²) in [6.07, 6.45) is 0. The van der Waals surface area contributed by atoms with Gasteiger partial charge >= 0.3 is 0 Å². The lowest BCUT2D eigenvalue weighted by Crippen LogP contribution is -2.14. The van der Waals surface area contributed by atoms with Crippen molar-refractivity contribution < 1.29 is 4.79 Å². The molecule has 6 heteroatoms. The molecular weight excluding hydrogens is 440 g/mol. The van der Waals surface area contributed by atoms with Crippen LogP contribution in [0.15, 0.2) is 71.2 Å². The molecule has 0 aliphatic heterocycles. The van der Waals surface area contributed by atoms with E-state index in [1.54, 1.807) is 4.68 Å². The van der Waals surface area contributed by atoms with Gasteiger partial charge in [0.2, 0.25) is 5.82 Å². The van der Waals surface area contributed by atoms with Crippen LogP contribution in [0.2, 0.25) is 0 Å². The highest BCUT2D eigenvalue weighted by Crippen LogP contribution is 2.24. The molecule has 0 aliphatic rings. The first kappa shape index (κ1) is 20.0. The summed E-state index contributed by atoms with van der Waals surface area (Å²) < 4.78 is 2.62. The number of anilines is 1. The van der Waals surface area contributed by atoms with Crippen LogP contribution in [-0.4, -0.2) is 20.7 Å². The van der Waals surface area contributed by atoms with Gasteiger partial charge < -0.3 is 5.32 Å². The molecule has 0 radical (unpaired) electrons. The van der Waals surface area contributed by atoms with Crippen LogP contribution in [0.5, 0.6) is 0 Å². The second-order valence-corrected chi connectivity index (χ2v) is 8.19. The average Bonchev–Trinajstić information content (AvgIpc) is 3.16. The van der Waals surface area contributed by atoms with Gasteiger partial charge in [-0.2, -0.15) is 0 Å². The quantitative estimate of drug-likeness (QED) is 0.413. The molecule has 150 valence electrons. The first-order valence-corrected chi connectivity index (χ1v) is 10.4. The minimum atomic E-state index is -0.357. The molecule has 1 aromatic heterocycles. The van der Waals surface area contributed by atoms with Crippen molar-refractivity contribution in [2.24, 2.45) is 0 Å². The van der Waals surface area contributed by atoms with Crippen molar-refractivity contribution in [3.8, 4) is 17.1 Å². The molecule has 5 nitrogen and oxygen atoms in total. The van der Waals surface area contributed by atoms with Crippen LogP contribution in [0.1, 0.15) is 27.3 Å². The zero-order valence-electron chi connectivity index (χ0n) is 17.0. The van der Waals surface area contributed by atoms with Gasteiger partial charge in [-0.1, -0.05) is 51.8 Å². The molecule has 0 saturated carbocycles. The van der Waals surface area contributed by atoms with Crippen LogP contribution >= 0.6 is 15.9 Å². The van der Waals surface area contributed by atoms with E-state index in [1.165, 1.54) is 5.56 Å². The maximum Gasteiger partial charge on any atom is 0.295 e. The fourth-order valence-corrected chi connectivity index (χ4v) is 3.57. The van der Waals surface area contributed by atoms with E-state index in [2.05, 4.69) is 51.2 Å². The van der Waals surface area contributed by atoms with Crippen LogP contribution in [0.3, 0.4) is 0 Å². The molecule has 4 rings (SSSR count). The molecule has 1 amide bonds. The number of halogens is 1. The molecule has 0 aliphatic carbocycles. The lowest BCUT2D eigenvalue weighted by atomic mass is 10.1. The highest BCUT2D eigenvalue weighted by molar-refractivity contribution is 9.10. The van der Waals surface area contributed by atoms with Crippen LogP contribution in [0, 0.1) is 20.8 Å². The molecule has 0 unspecified atom stereocenters. The highest BCUT2D eigenvalue weighted by atomic mass is 79.9. The predicted molar refractivity (Wildman–Crippen MR) is 123 cm³/mol. The van der Waals surface area contributed by atoms with Crippen molar-refractivity contribution in [2.75, 3.05) is 5.32 Å². The lowest BCUT2D eigenvalue weighted by molar-refractivity contribution is 0.101. The van der Waals surface area contributed by atoms with E-state index in [4.69, 9.17) is 0 Å². The zero-order chi connectivity index (χ0) is 21.3. The van der Waals surface area contributed by atoms with E-state index in [-0.39, 0.29) is 11.7 Å². The number of benzene rings is 3. The summed E-state index contributed by atoms with van der Waals surface area (Å²) in [5, 5.41) is 7.42. The van der Waals surface area contributed by atoms with Crippen LogP contribution < -0.4 is 5.32 Å². The van der Waals surface area contributed by atoms with Crippen molar-refractivity contribution >= 4 is 27.5 Å². The molecule has 0 saturated heterocycles. The Morgan fingerprint density at radius 2 is 1.73 bits per heavy atom. The maximum atomic E-state index is 12.9. The number of nitrogens with one attached hydrogen (secondary N) is 1. The van der Waals surface area contributed by atoms with Crippen molar-refractivity contribution in [1.82, 2.24) is 14.8 Å². The summed E-state index contributed by atoms with van der Waals surface area (Å²) in [5.74, 6) is 0.385. The number of carbonyl (C=O) groups excluding carboxylic acids is 1. The van der Waals surface area contributed by atoms with Gasteiger partial charge in [-0.05, 0) is 68.3 Å². The van der Waals surface area contributed by atoms with Crippen LogP contribution in [-0.2, 0) is 0 Å². The number of amides is 1. The summed E-state index contributed by atoms with van der Waals surface area (Å²) in [4.78, 5) is 17.5. The fourth-order valence-electron chi connectivity index (χ4n) is 3.17. The second kappa shape index (κ2) is 8.24. The van der Waals surface area contributed by atoms with Gasteiger partial charge in [0.15, 0.2) is 5.82 Å². The smallest absolute Gasteiger partial charge is 0.295 e. The van der Waals surface area contributed by atoms with Gasteiger partial charge in [0, 0.05) is 15.7 Å². The Kier molecular flexibility index (Phi) is 5.50. The normalized spacial score (nSPS) is 10.8. The number of rotatable bonds is 4. The predicted octanol–water partition coefficient (Wildman–Crippen LogP) is 5.87. The van der Waals surface area contributed by atoms with E-state index in [0.717, 1.165) is 26.9 Å². The van der Waals surface area contributed by atoms with Crippen LogP contribution in [0.4, 0.5) is 5.69 Å². The van der Waals surface area contributed by atoms with Gasteiger partial charge in [-0.15, -0.1) is 5.10 Å². The Morgan fingerprint density at radius 1 is 0.933 bits per heavy atom. The Labute approximate surface area is 183 Å². The highest BCUT2D eigenvalue weighted by Gasteiger charge is 2.19. The molecular formula is C24H21BrN4O. The van der Waals surface area contributed by atoms with Gasteiger partial charge in [0.25, 0.3) is 5.91 Å². The summed E-state index contributed by atoms with van der Waals surface area (Å²) in [6, 6.07) is 21.5. The summed E-state index contributed by atoms with van der Waals surface area (Å²) >= 11 is 3.42. The third-order valence-corrected chi connectivity index (χ3v) is 5.40. The molecule has 0 fully saturated rings. The number of hydrogen-bond donors (Lipinski definition) is 1. The largest absolute Gasteiger partial charge is 0.319 e. The number of carbonyl (C=O) groups is 1. The molecule has 1 N–H and O–H groups in total. The van der Waals surface area contributed by atoms with Gasteiger partial charge in [0.05, 0.1) is 5.69 Å². The first-order chi connectivity index (χ1) is 14.4. The number of aromatic nitrogens is 3. The Hall–Kier alpha value is -3.25. The number of hydrogen-bond acceptors (Lipinski definition) is 3. The maximum absolute atomic E-state index is 12.9. The lowest BCUT2D eigenvalue weighted by Gasteiger charge is -2.09. The van der Waals surface area contributed by atoms with Crippen molar-refractivity contribution in [1.29, 1.82) is 0 Å². The molecule has 0 spiro atoms. The van der Waals surface area contributed by atoms with E-state index in [9.17, 15) is 4.79 Å². The molecule has 30 heavy (non-hydrogen) atoms. The minimum Gasteiger partial charge on any atom is -0.319 e. The standard InChI is InChI=1S/C24H21BrN4O/c1-15-6-4-7-18(12-15)23-27-22(24(30)26-20-9-5-8-19(25)14-20)28-29(23)21-11-10-16(2)17(3)13-21/h4-14H,1-3H3,(H,26,30). The Bertz CT molecular complexity index is 1250. The summed E-state index contributed by atoms with van der Waals surface area (Å²) in [6.45, 7) is 6.16. The van der Waals surface area contributed by atoms with E-state index >= 15 is 0 Å². The minimum absolute atomic E-state index is 0.115. The number of aryl methyl sites for hydroxylation is 3. The average molecular weight is 461 g/mol. The zero-order valence-corrected chi connectivity index (χ0v) is 18.6.